The quantitative estimate of drug-likeness (QED) is 0.157. The first kappa shape index (κ1) is 27.7. The van der Waals surface area contributed by atoms with Gasteiger partial charge in [-0.15, -0.1) is 0 Å². The molecule has 0 fully saturated rings. The zero-order valence-corrected chi connectivity index (χ0v) is 20.5. The van der Waals surface area contributed by atoms with E-state index in [9.17, 15) is 9.18 Å². The molecule has 0 N–H and O–H groups in total. The van der Waals surface area contributed by atoms with E-state index < -0.39 is 11.8 Å². The second-order valence-corrected chi connectivity index (χ2v) is 5.96. The van der Waals surface area contributed by atoms with Crippen molar-refractivity contribution in [3.8, 4) is 5.75 Å². The van der Waals surface area contributed by atoms with E-state index in [0.717, 1.165) is 38.5 Å². The van der Waals surface area contributed by atoms with Gasteiger partial charge in [-0.2, -0.15) is 6.42 Å². The van der Waals surface area contributed by atoms with Crippen molar-refractivity contribution in [2.75, 3.05) is 13.2 Å². The minimum Gasteiger partial charge on any atom is -0.491 e. The van der Waals surface area contributed by atoms with Gasteiger partial charge in [0.05, 0.1) is 18.8 Å². The first-order chi connectivity index (χ1) is 11.7. The van der Waals surface area contributed by atoms with Gasteiger partial charge >= 0.3 is 37.1 Å². The average molecular weight is 591 g/mol. The van der Waals surface area contributed by atoms with Crippen molar-refractivity contribution in [2.24, 2.45) is 0 Å². The number of hydrogen-bond acceptors (Lipinski definition) is 3. The van der Waals surface area contributed by atoms with Crippen LogP contribution in [0.15, 0.2) is 18.2 Å². The van der Waals surface area contributed by atoms with Crippen LogP contribution >= 0.6 is 0 Å². The van der Waals surface area contributed by atoms with Crippen molar-refractivity contribution >= 4 is 5.97 Å². The Kier molecular flexibility index (Phi) is 19.0. The SMILES string of the molecule is [CH2-]CCCCCOC(=O)c1ccc(OCCCCCCC)c(F)c1.[CH3-].[U+2]. The first-order valence-electron chi connectivity index (χ1n) is 9.07. The Bertz CT molecular complexity index is 480. The minimum absolute atomic E-state index is 0. The first-order valence-corrected chi connectivity index (χ1v) is 9.07. The molecule has 0 heterocycles. The van der Waals surface area contributed by atoms with Crippen molar-refractivity contribution in [1.29, 1.82) is 0 Å². The Morgan fingerprint density at radius 2 is 1.69 bits per heavy atom. The number of rotatable bonds is 13. The molecule has 0 aliphatic rings. The van der Waals surface area contributed by atoms with Gasteiger partial charge in [0.1, 0.15) is 0 Å². The molecule has 0 atom stereocenters. The van der Waals surface area contributed by atoms with E-state index >= 15 is 0 Å². The Labute approximate surface area is 182 Å². The topological polar surface area (TPSA) is 35.5 Å². The molecule has 0 bridgehead atoms. The second-order valence-electron chi connectivity index (χ2n) is 5.96. The standard InChI is InChI=1S/C20H30FO3.CH3.U/c1-3-5-7-9-11-14-23-19-13-12-17(16-18(19)21)20(22)24-15-10-8-6-4-2;;/h12-13,16H,2-11,14-15H2,1H3;1H3;/q2*-1;+2. The summed E-state index contributed by atoms with van der Waals surface area (Å²) in [6, 6.07) is 4.24. The van der Waals surface area contributed by atoms with Gasteiger partial charge in [-0.05, 0) is 31.0 Å². The summed E-state index contributed by atoms with van der Waals surface area (Å²) >= 11 is 0. The summed E-state index contributed by atoms with van der Waals surface area (Å²) in [5.41, 5.74) is 0.222. The largest absolute Gasteiger partial charge is 2.00 e. The summed E-state index contributed by atoms with van der Waals surface area (Å²) in [4.78, 5) is 11.9. The van der Waals surface area contributed by atoms with E-state index in [4.69, 9.17) is 9.47 Å². The summed E-state index contributed by atoms with van der Waals surface area (Å²) in [6.45, 7) is 6.78. The van der Waals surface area contributed by atoms with Crippen molar-refractivity contribution < 1.29 is 49.8 Å². The average Bonchev–Trinajstić information content (AvgIpc) is 2.58. The molecule has 1 aromatic rings. The fourth-order valence-corrected chi connectivity index (χ4v) is 2.34. The molecular formula is C21H33FO3U. The van der Waals surface area contributed by atoms with E-state index in [1.54, 1.807) is 6.07 Å². The summed E-state index contributed by atoms with van der Waals surface area (Å²) < 4.78 is 24.6. The van der Waals surface area contributed by atoms with E-state index in [2.05, 4.69) is 13.8 Å². The summed E-state index contributed by atoms with van der Waals surface area (Å²) in [5.74, 6) is -0.817. The number of carbonyl (C=O) groups excluding carboxylic acids is 1. The Balaban J connectivity index is 0. The van der Waals surface area contributed by atoms with Crippen LogP contribution in [-0.4, -0.2) is 19.2 Å². The molecule has 0 aliphatic heterocycles. The molecule has 3 nitrogen and oxygen atoms in total. The third kappa shape index (κ3) is 12.0. The smallest absolute Gasteiger partial charge is 0.491 e. The van der Waals surface area contributed by atoms with Crippen LogP contribution in [-0.2, 0) is 4.74 Å². The van der Waals surface area contributed by atoms with Gasteiger partial charge in [0.15, 0.2) is 11.6 Å². The molecule has 0 saturated heterocycles. The van der Waals surface area contributed by atoms with Gasteiger partial charge in [-0.25, -0.2) is 9.18 Å². The molecule has 0 saturated carbocycles. The number of ether oxygens (including phenoxy) is 2. The Morgan fingerprint density at radius 1 is 1.04 bits per heavy atom. The molecule has 0 radical (unpaired) electrons. The molecule has 0 aromatic heterocycles. The third-order valence-electron chi connectivity index (χ3n) is 3.80. The number of carbonyl (C=O) groups is 1. The number of unbranched alkanes of at least 4 members (excludes halogenated alkanes) is 7. The molecule has 1 rings (SSSR count). The minimum atomic E-state index is -0.518. The van der Waals surface area contributed by atoms with Crippen LogP contribution in [0.5, 0.6) is 5.75 Å². The van der Waals surface area contributed by atoms with Crippen LogP contribution in [0, 0.1) is 51.3 Å². The van der Waals surface area contributed by atoms with Gasteiger partial charge in [0.2, 0.25) is 0 Å². The Hall–Kier alpha value is -0.528. The van der Waals surface area contributed by atoms with Gasteiger partial charge in [-0.1, -0.05) is 45.4 Å². The predicted molar refractivity (Wildman–Crippen MR) is 101 cm³/mol. The maximum atomic E-state index is 14.0. The summed E-state index contributed by atoms with van der Waals surface area (Å²) in [6.07, 6.45) is 9.31. The van der Waals surface area contributed by atoms with Crippen molar-refractivity contribution in [2.45, 2.75) is 64.7 Å². The van der Waals surface area contributed by atoms with Crippen molar-refractivity contribution in [1.82, 2.24) is 0 Å². The molecule has 5 heteroatoms. The van der Waals surface area contributed by atoms with E-state index in [1.165, 1.54) is 31.4 Å². The molecule has 0 aliphatic carbocycles. The van der Waals surface area contributed by atoms with Gasteiger partial charge in [0, 0.05) is 0 Å². The second kappa shape index (κ2) is 17.9. The van der Waals surface area contributed by atoms with Gasteiger partial charge < -0.3 is 23.8 Å². The van der Waals surface area contributed by atoms with E-state index in [-0.39, 0.29) is 49.9 Å². The summed E-state index contributed by atoms with van der Waals surface area (Å²) in [5, 5.41) is 0. The van der Waals surface area contributed by atoms with Crippen LogP contribution in [0.1, 0.15) is 75.1 Å². The number of halogens is 1. The van der Waals surface area contributed by atoms with Crippen molar-refractivity contribution in [3.63, 3.8) is 0 Å². The van der Waals surface area contributed by atoms with Gasteiger partial charge in [-0.3, -0.25) is 0 Å². The fourth-order valence-electron chi connectivity index (χ4n) is 2.34. The van der Waals surface area contributed by atoms with Crippen molar-refractivity contribution in [3.05, 3.63) is 43.9 Å². The third-order valence-corrected chi connectivity index (χ3v) is 3.80. The monoisotopic (exact) mass is 590 g/mol. The fraction of sp³-hybridized carbons (Fsp3) is 0.571. The van der Waals surface area contributed by atoms with Crippen LogP contribution in [0.3, 0.4) is 0 Å². The van der Waals surface area contributed by atoms with E-state index in [1.807, 2.05) is 0 Å². The van der Waals surface area contributed by atoms with E-state index in [0.29, 0.717) is 13.2 Å². The van der Waals surface area contributed by atoms with Crippen LogP contribution in [0.4, 0.5) is 4.39 Å². The molecule has 1 aromatic carbocycles. The van der Waals surface area contributed by atoms with Crippen LogP contribution in [0.2, 0.25) is 0 Å². The molecule has 26 heavy (non-hydrogen) atoms. The number of esters is 1. The molecule has 0 spiro atoms. The zero-order valence-electron chi connectivity index (χ0n) is 16.3. The number of hydrogen-bond donors (Lipinski definition) is 0. The Morgan fingerprint density at radius 3 is 2.35 bits per heavy atom. The van der Waals surface area contributed by atoms with Gasteiger partial charge in [0.25, 0.3) is 0 Å². The molecule has 0 unspecified atom stereocenters. The maximum absolute atomic E-state index is 14.0. The normalized spacial score (nSPS) is 9.81. The van der Waals surface area contributed by atoms with Crippen LogP contribution in [0.25, 0.3) is 0 Å². The van der Waals surface area contributed by atoms with Crippen LogP contribution < -0.4 is 4.74 Å². The molecule has 146 valence electrons. The zero-order chi connectivity index (χ0) is 17.6. The maximum Gasteiger partial charge on any atom is 2.00 e. The number of benzene rings is 1. The predicted octanol–water partition coefficient (Wildman–Crippen LogP) is 6.18. The molecule has 0 amide bonds. The molecular weight excluding hydrogens is 557 g/mol. The summed E-state index contributed by atoms with van der Waals surface area (Å²) in [7, 11) is 0.